The number of Topliss-reactive ketones (excluding diaryl/α,β-unsaturated/α-hetero) is 2. The highest BCUT2D eigenvalue weighted by atomic mass is 16.6. The van der Waals surface area contributed by atoms with Crippen LogP contribution < -0.4 is 14.8 Å². The van der Waals surface area contributed by atoms with Crippen molar-refractivity contribution in [1.82, 2.24) is 5.32 Å². The van der Waals surface area contributed by atoms with Gasteiger partial charge in [0.15, 0.2) is 22.8 Å². The molecular weight excluding hydrogens is 670 g/mol. The van der Waals surface area contributed by atoms with Gasteiger partial charge < -0.3 is 29.1 Å². The van der Waals surface area contributed by atoms with Crippen LogP contribution in [0.25, 0.3) is 6.08 Å². The number of fused-ring (bicyclic) bond motifs is 2. The van der Waals surface area contributed by atoms with Crippen LogP contribution in [0.3, 0.4) is 0 Å². The second kappa shape index (κ2) is 12.8. The summed E-state index contributed by atoms with van der Waals surface area (Å²) in [5.74, 6) is -0.994. The molecule has 53 heavy (non-hydrogen) atoms. The third-order valence-electron chi connectivity index (χ3n) is 11.9. The minimum absolute atomic E-state index is 0.0108. The number of furan rings is 1. The maximum Gasteiger partial charge on any atom is 0.246 e. The van der Waals surface area contributed by atoms with Gasteiger partial charge in [0.05, 0.1) is 24.0 Å². The Bertz CT molecular complexity index is 2050. The number of hydrogen-bond donors (Lipinski definition) is 2. The van der Waals surface area contributed by atoms with Gasteiger partial charge in [-0.3, -0.25) is 14.4 Å². The van der Waals surface area contributed by atoms with Crippen molar-refractivity contribution in [2.45, 2.75) is 117 Å². The van der Waals surface area contributed by atoms with Crippen molar-refractivity contribution < 1.29 is 38.1 Å². The second-order valence-corrected chi connectivity index (χ2v) is 16.7. The van der Waals surface area contributed by atoms with Crippen LogP contribution in [-0.2, 0) is 27.3 Å². The third kappa shape index (κ3) is 5.56. The Morgan fingerprint density at radius 3 is 2.42 bits per heavy atom. The topological polar surface area (TPSA) is 124 Å². The molecule has 6 atom stereocenters. The summed E-state index contributed by atoms with van der Waals surface area (Å²) in [6.07, 6.45) is 14.9. The zero-order chi connectivity index (χ0) is 38.2. The standard InChI is InChI=1S/C44H51NO8/c1-24(2)12-10-18-42(9)19-17-29-34(46)33-35(47)32-22-31-27(6)38-41(7,8)53-43(39(31)48,20-16-26(5)40(49)45-23-28-13-11-21-50-28)44(32,38)52-37(33)30(36(29)51-42)15-14-25(3)4/h11-14,16-17,19,21-22,27,31,38,46H,10,15,18,20,23H2,1-9H3,(H,45,49)/b26-16-/t27-,31?,38?,42?,43?,44?/m1/s1. The second-order valence-electron chi connectivity index (χ2n) is 16.7. The predicted octanol–water partition coefficient (Wildman–Crippen LogP) is 8.31. The van der Waals surface area contributed by atoms with E-state index in [9.17, 15) is 14.7 Å². The number of benzene rings is 1. The number of carbonyl (C=O) groups excluding carboxylic acids is 3. The van der Waals surface area contributed by atoms with Crippen molar-refractivity contribution in [3.8, 4) is 17.2 Å². The number of aromatic hydroxyl groups is 1. The van der Waals surface area contributed by atoms with Gasteiger partial charge in [0.25, 0.3) is 0 Å². The Hall–Kier alpha value is -4.63. The summed E-state index contributed by atoms with van der Waals surface area (Å²) in [6.45, 7) is 18.0. The third-order valence-corrected chi connectivity index (χ3v) is 11.9. The molecule has 9 heteroatoms. The van der Waals surface area contributed by atoms with E-state index in [1.165, 1.54) is 5.57 Å². The van der Waals surface area contributed by atoms with Crippen LogP contribution in [0, 0.1) is 17.8 Å². The van der Waals surface area contributed by atoms with Gasteiger partial charge in [0.2, 0.25) is 5.91 Å². The smallest absolute Gasteiger partial charge is 0.246 e. The van der Waals surface area contributed by atoms with Crippen molar-refractivity contribution in [3.05, 3.63) is 93.5 Å². The molecule has 4 heterocycles. The maximum atomic E-state index is 15.0. The molecule has 1 spiro atoms. The quantitative estimate of drug-likeness (QED) is 0.186. The monoisotopic (exact) mass is 721 g/mol. The molecule has 2 N–H and O–H groups in total. The lowest BCUT2D eigenvalue weighted by Gasteiger charge is -2.58. The maximum absolute atomic E-state index is 15.0. The highest BCUT2D eigenvalue weighted by molar-refractivity contribution is 6.19. The normalized spacial score (nSPS) is 30.0. The SMILES string of the molecule is CC(C)=CCCC1(C)C=Cc2c(O)c3c(c(CC=C(C)C)c2O1)OC12C(=CC4C(=O)C1(C/C=C(/C)C(=O)NCc1ccco1)OC(C)(C)C2[C@@H]4C)C3=O. The number of ether oxygens (including phenoxy) is 3. The summed E-state index contributed by atoms with van der Waals surface area (Å²) in [4.78, 5) is 43.1. The number of amides is 1. The summed E-state index contributed by atoms with van der Waals surface area (Å²) in [6, 6.07) is 3.53. The molecule has 1 amide bonds. The van der Waals surface area contributed by atoms with Crippen molar-refractivity contribution in [2.24, 2.45) is 17.8 Å². The Balaban J connectivity index is 1.38. The number of phenolic OH excluding ortho intramolecular Hbond substituents is 1. The number of allylic oxidation sites excluding steroid dienone is 5. The highest BCUT2D eigenvalue weighted by Crippen LogP contribution is 2.70. The van der Waals surface area contributed by atoms with Gasteiger partial charge in [-0.25, -0.2) is 0 Å². The Labute approximate surface area is 311 Å². The molecule has 1 aromatic carbocycles. The lowest BCUT2D eigenvalue weighted by molar-refractivity contribution is -0.174. The first-order valence-electron chi connectivity index (χ1n) is 18.7. The van der Waals surface area contributed by atoms with Gasteiger partial charge >= 0.3 is 0 Å². The number of ketones is 2. The Kier molecular flexibility index (Phi) is 8.83. The van der Waals surface area contributed by atoms with E-state index in [-0.39, 0.29) is 53.4 Å². The minimum Gasteiger partial charge on any atom is -0.506 e. The molecule has 1 aromatic heterocycles. The van der Waals surface area contributed by atoms with E-state index in [0.29, 0.717) is 46.6 Å². The molecule has 2 fully saturated rings. The number of rotatable bonds is 10. The predicted molar refractivity (Wildman–Crippen MR) is 202 cm³/mol. The fourth-order valence-corrected chi connectivity index (χ4v) is 9.50. The van der Waals surface area contributed by atoms with Crippen LogP contribution in [0.2, 0.25) is 0 Å². The van der Waals surface area contributed by atoms with Gasteiger partial charge in [0, 0.05) is 35.0 Å². The molecular formula is C44H51NO8. The average molecular weight is 722 g/mol. The van der Waals surface area contributed by atoms with E-state index in [2.05, 4.69) is 31.3 Å². The van der Waals surface area contributed by atoms with Crippen LogP contribution in [0.15, 0.2) is 75.5 Å². The van der Waals surface area contributed by atoms with Gasteiger partial charge in [-0.2, -0.15) is 0 Å². The number of carbonyl (C=O) groups is 3. The summed E-state index contributed by atoms with van der Waals surface area (Å²) in [5.41, 5.74) is -0.551. The molecule has 3 aliphatic carbocycles. The average Bonchev–Trinajstić information content (AvgIpc) is 3.66. The van der Waals surface area contributed by atoms with Crippen molar-refractivity contribution in [1.29, 1.82) is 0 Å². The van der Waals surface area contributed by atoms with E-state index >= 15 is 4.79 Å². The highest BCUT2D eigenvalue weighted by Gasteiger charge is 2.83. The van der Waals surface area contributed by atoms with Crippen LogP contribution in [0.1, 0.15) is 109 Å². The number of phenols is 1. The largest absolute Gasteiger partial charge is 0.506 e. The summed E-state index contributed by atoms with van der Waals surface area (Å²) >= 11 is 0. The first-order chi connectivity index (χ1) is 25.0. The molecule has 3 aliphatic heterocycles. The van der Waals surface area contributed by atoms with Gasteiger partial charge in [0.1, 0.15) is 34.2 Å². The fraction of sp³-hybridized carbons (Fsp3) is 0.477. The van der Waals surface area contributed by atoms with Gasteiger partial charge in [-0.15, -0.1) is 0 Å². The summed E-state index contributed by atoms with van der Waals surface area (Å²) in [5, 5.41) is 14.8. The van der Waals surface area contributed by atoms with Crippen molar-refractivity contribution in [2.75, 3.05) is 0 Å². The first kappa shape index (κ1) is 36.7. The van der Waals surface area contributed by atoms with Gasteiger partial charge in [-0.05, 0) is 105 Å². The lowest BCUT2D eigenvalue weighted by atomic mass is 9.47. The van der Waals surface area contributed by atoms with Crippen LogP contribution in [-0.4, -0.2) is 45.0 Å². The van der Waals surface area contributed by atoms with E-state index in [1.54, 1.807) is 37.5 Å². The van der Waals surface area contributed by atoms with Crippen LogP contribution in [0.5, 0.6) is 17.2 Å². The Morgan fingerprint density at radius 1 is 1.00 bits per heavy atom. The van der Waals surface area contributed by atoms with E-state index in [1.807, 2.05) is 53.7 Å². The molecule has 1 saturated heterocycles. The lowest BCUT2D eigenvalue weighted by Crippen LogP contribution is -2.74. The van der Waals surface area contributed by atoms with E-state index < -0.39 is 34.2 Å². The molecule has 9 nitrogen and oxygen atoms in total. The molecule has 5 unspecified atom stereocenters. The van der Waals surface area contributed by atoms with Crippen molar-refractivity contribution in [3.63, 3.8) is 0 Å². The molecule has 280 valence electrons. The molecule has 0 radical (unpaired) electrons. The number of nitrogens with one attached hydrogen (secondary N) is 1. The molecule has 2 aromatic rings. The Morgan fingerprint density at radius 2 is 1.74 bits per heavy atom. The van der Waals surface area contributed by atoms with Gasteiger partial charge in [-0.1, -0.05) is 42.4 Å². The minimum atomic E-state index is -1.61. The van der Waals surface area contributed by atoms with Crippen molar-refractivity contribution >= 4 is 23.5 Å². The molecule has 4 bridgehead atoms. The molecule has 8 rings (SSSR count). The zero-order valence-electron chi connectivity index (χ0n) is 32.3. The van der Waals surface area contributed by atoms with E-state index in [0.717, 1.165) is 12.0 Å². The zero-order valence-corrected chi connectivity index (χ0v) is 32.3. The number of hydrogen-bond acceptors (Lipinski definition) is 8. The van der Waals surface area contributed by atoms with Crippen LogP contribution in [0.4, 0.5) is 0 Å². The van der Waals surface area contributed by atoms with E-state index in [4.69, 9.17) is 18.6 Å². The fourth-order valence-electron chi connectivity index (χ4n) is 9.50. The summed E-state index contributed by atoms with van der Waals surface area (Å²) in [7, 11) is 0. The molecule has 6 aliphatic rings. The first-order valence-corrected chi connectivity index (χ1v) is 18.7. The summed E-state index contributed by atoms with van der Waals surface area (Å²) < 4.78 is 26.5. The molecule has 1 saturated carbocycles. The van der Waals surface area contributed by atoms with Crippen LogP contribution >= 0.6 is 0 Å².